The fourth-order valence-electron chi connectivity index (χ4n) is 2.39. The van der Waals surface area contributed by atoms with E-state index in [4.69, 9.17) is 10.5 Å². The molecule has 0 spiro atoms. The fourth-order valence-corrected chi connectivity index (χ4v) is 2.72. The highest BCUT2D eigenvalue weighted by molar-refractivity contribution is 9.10. The third-order valence-electron chi connectivity index (χ3n) is 3.34. The van der Waals surface area contributed by atoms with Gasteiger partial charge in [-0.1, -0.05) is 6.58 Å². The van der Waals surface area contributed by atoms with Crippen molar-refractivity contribution in [3.05, 3.63) is 29.1 Å². The second kappa shape index (κ2) is 6.97. The minimum Gasteiger partial charge on any atom is -0.493 e. The first-order chi connectivity index (χ1) is 10.4. The predicted molar refractivity (Wildman–Crippen MR) is 87.5 cm³/mol. The van der Waals surface area contributed by atoms with Crippen molar-refractivity contribution < 1.29 is 14.6 Å². The summed E-state index contributed by atoms with van der Waals surface area (Å²) in [6, 6.07) is 1.06. The first-order valence-electron chi connectivity index (χ1n) is 6.83. The van der Waals surface area contributed by atoms with Gasteiger partial charge in [0, 0.05) is 23.8 Å². The molecule has 0 aromatic carbocycles. The van der Waals surface area contributed by atoms with Gasteiger partial charge >= 0.3 is 5.97 Å². The first kappa shape index (κ1) is 16.6. The summed E-state index contributed by atoms with van der Waals surface area (Å²) in [5.41, 5.74) is 6.38. The number of aromatic nitrogens is 1. The monoisotopic (exact) mass is 370 g/mol. The topological polar surface area (TPSA) is 101 Å². The molecule has 0 radical (unpaired) electrons. The van der Waals surface area contributed by atoms with Gasteiger partial charge in [0.05, 0.1) is 12.2 Å². The van der Waals surface area contributed by atoms with E-state index < -0.39 is 12.0 Å². The molecule has 1 aromatic rings. The second-order valence-corrected chi connectivity index (χ2v) is 6.13. The lowest BCUT2D eigenvalue weighted by atomic mass is 10.2. The number of ether oxygens (including phenoxy) is 1. The Balaban J connectivity index is 2.07. The molecular weight excluding hydrogens is 352 g/mol. The number of nitrogens with two attached hydrogens (primary N) is 1. The molecule has 0 saturated carbocycles. The van der Waals surface area contributed by atoms with Crippen LogP contribution in [0.4, 0.5) is 11.5 Å². The van der Waals surface area contributed by atoms with Crippen molar-refractivity contribution in [2.45, 2.75) is 19.1 Å². The molecule has 1 unspecified atom stereocenters. The van der Waals surface area contributed by atoms with Crippen molar-refractivity contribution in [2.75, 3.05) is 30.7 Å². The molecular formula is C14H19BrN4O3. The SMILES string of the molecule is C=C1CN(C(CNc2cc(Br)cnc2N)C(=O)O)C[C@H](C)O1. The number of carboxylic acid groups (broad SMARTS) is 1. The Bertz CT molecular complexity index is 581. The van der Waals surface area contributed by atoms with E-state index in [0.29, 0.717) is 30.4 Å². The van der Waals surface area contributed by atoms with Crippen molar-refractivity contribution in [1.29, 1.82) is 0 Å². The van der Waals surface area contributed by atoms with Crippen molar-refractivity contribution in [3.8, 4) is 0 Å². The van der Waals surface area contributed by atoms with Crippen LogP contribution >= 0.6 is 15.9 Å². The molecule has 2 rings (SSSR count). The molecule has 0 bridgehead atoms. The molecule has 1 aliphatic rings. The normalized spacial score (nSPS) is 20.3. The Morgan fingerprint density at radius 1 is 1.77 bits per heavy atom. The lowest BCUT2D eigenvalue weighted by molar-refractivity contribution is -0.144. The van der Waals surface area contributed by atoms with Crippen LogP contribution in [0.5, 0.6) is 0 Å². The van der Waals surface area contributed by atoms with Gasteiger partial charge < -0.3 is 20.9 Å². The third-order valence-corrected chi connectivity index (χ3v) is 3.77. The van der Waals surface area contributed by atoms with Gasteiger partial charge in [0.2, 0.25) is 0 Å². The molecule has 120 valence electrons. The Morgan fingerprint density at radius 2 is 2.50 bits per heavy atom. The quantitative estimate of drug-likeness (QED) is 0.722. The van der Waals surface area contributed by atoms with E-state index in [2.05, 4.69) is 32.8 Å². The van der Waals surface area contributed by atoms with Crippen LogP contribution in [0.2, 0.25) is 0 Å². The number of carbonyl (C=O) groups is 1. The number of rotatable bonds is 5. The number of aliphatic carboxylic acids is 1. The number of morpholine rings is 1. The molecule has 1 saturated heterocycles. The van der Waals surface area contributed by atoms with E-state index in [1.54, 1.807) is 12.3 Å². The smallest absolute Gasteiger partial charge is 0.322 e. The van der Waals surface area contributed by atoms with Gasteiger partial charge in [-0.15, -0.1) is 0 Å². The van der Waals surface area contributed by atoms with Gasteiger partial charge in [-0.3, -0.25) is 9.69 Å². The van der Waals surface area contributed by atoms with Crippen LogP contribution in [0.15, 0.2) is 29.1 Å². The summed E-state index contributed by atoms with van der Waals surface area (Å²) in [5.74, 6) is -0.00309. The molecule has 8 heteroatoms. The van der Waals surface area contributed by atoms with Crippen LogP contribution < -0.4 is 11.1 Å². The van der Waals surface area contributed by atoms with Crippen LogP contribution in [0.25, 0.3) is 0 Å². The van der Waals surface area contributed by atoms with E-state index in [0.717, 1.165) is 4.47 Å². The number of hydrogen-bond donors (Lipinski definition) is 3. The van der Waals surface area contributed by atoms with Crippen molar-refractivity contribution >= 4 is 33.4 Å². The largest absolute Gasteiger partial charge is 0.493 e. The van der Waals surface area contributed by atoms with Gasteiger partial charge in [0.1, 0.15) is 23.7 Å². The molecule has 2 atom stereocenters. The average molecular weight is 371 g/mol. The van der Waals surface area contributed by atoms with Crippen LogP contribution in [0.1, 0.15) is 6.92 Å². The van der Waals surface area contributed by atoms with Gasteiger partial charge in [-0.2, -0.15) is 0 Å². The van der Waals surface area contributed by atoms with E-state index in [9.17, 15) is 9.90 Å². The summed E-state index contributed by atoms with van der Waals surface area (Å²) in [6.07, 6.45) is 1.50. The highest BCUT2D eigenvalue weighted by atomic mass is 79.9. The number of nitrogens with zero attached hydrogens (tertiary/aromatic N) is 2. The van der Waals surface area contributed by atoms with Gasteiger partial charge in [0.15, 0.2) is 0 Å². The fraction of sp³-hybridized carbons (Fsp3) is 0.429. The van der Waals surface area contributed by atoms with E-state index >= 15 is 0 Å². The third kappa shape index (κ3) is 4.11. The molecule has 7 nitrogen and oxygen atoms in total. The number of hydrogen-bond acceptors (Lipinski definition) is 6. The number of carboxylic acids is 1. The predicted octanol–water partition coefficient (Wildman–Crippen LogP) is 1.53. The van der Waals surface area contributed by atoms with Crippen molar-refractivity contribution in [2.24, 2.45) is 0 Å². The van der Waals surface area contributed by atoms with Crippen molar-refractivity contribution in [3.63, 3.8) is 0 Å². The molecule has 0 aliphatic carbocycles. The van der Waals surface area contributed by atoms with E-state index in [-0.39, 0.29) is 12.6 Å². The summed E-state index contributed by atoms with van der Waals surface area (Å²) in [7, 11) is 0. The number of anilines is 2. The molecule has 2 heterocycles. The summed E-state index contributed by atoms with van der Waals surface area (Å²) < 4.78 is 6.23. The van der Waals surface area contributed by atoms with Gasteiger partial charge in [-0.05, 0) is 28.9 Å². The molecule has 1 fully saturated rings. The lowest BCUT2D eigenvalue weighted by Gasteiger charge is -2.36. The first-order valence-corrected chi connectivity index (χ1v) is 7.62. The zero-order chi connectivity index (χ0) is 16.3. The Hall–Kier alpha value is -1.80. The zero-order valence-corrected chi connectivity index (χ0v) is 13.8. The van der Waals surface area contributed by atoms with Crippen LogP contribution in [0.3, 0.4) is 0 Å². The Morgan fingerprint density at radius 3 is 3.14 bits per heavy atom. The van der Waals surface area contributed by atoms with Crippen LogP contribution in [0, 0.1) is 0 Å². The molecule has 22 heavy (non-hydrogen) atoms. The van der Waals surface area contributed by atoms with E-state index in [1.807, 2.05) is 11.8 Å². The zero-order valence-electron chi connectivity index (χ0n) is 12.3. The number of halogens is 1. The Kier molecular flexibility index (Phi) is 5.25. The second-order valence-electron chi connectivity index (χ2n) is 5.22. The maximum atomic E-state index is 11.6. The number of pyridine rings is 1. The minimum absolute atomic E-state index is 0.0827. The van der Waals surface area contributed by atoms with Crippen LogP contribution in [-0.4, -0.2) is 52.7 Å². The molecule has 0 amide bonds. The Labute approximate surface area is 137 Å². The number of nitrogens with one attached hydrogen (secondary N) is 1. The highest BCUT2D eigenvalue weighted by Gasteiger charge is 2.31. The molecule has 1 aliphatic heterocycles. The summed E-state index contributed by atoms with van der Waals surface area (Å²) in [6.45, 7) is 6.81. The van der Waals surface area contributed by atoms with Crippen molar-refractivity contribution in [1.82, 2.24) is 9.88 Å². The molecule has 4 N–H and O–H groups in total. The van der Waals surface area contributed by atoms with E-state index in [1.165, 1.54) is 0 Å². The van der Waals surface area contributed by atoms with Gasteiger partial charge in [-0.25, -0.2) is 4.98 Å². The minimum atomic E-state index is -0.907. The number of nitrogen functional groups attached to an aromatic ring is 1. The standard InChI is InChI=1S/C14H19BrN4O3/c1-8-6-19(7-9(2)22-8)12(14(20)21)5-17-11-3-10(15)4-18-13(11)16/h3-4,9,12,17H,1,5-7H2,2H3,(H2,16,18)(H,20,21)/t9-,12?/m0/s1. The summed E-state index contributed by atoms with van der Waals surface area (Å²) >= 11 is 3.31. The summed E-state index contributed by atoms with van der Waals surface area (Å²) in [4.78, 5) is 17.4. The van der Waals surface area contributed by atoms with Crippen LogP contribution in [-0.2, 0) is 9.53 Å². The average Bonchev–Trinajstić information content (AvgIpc) is 2.41. The lowest BCUT2D eigenvalue weighted by Crippen LogP contribution is -2.51. The molecule has 1 aromatic heterocycles. The van der Waals surface area contributed by atoms with Gasteiger partial charge in [0.25, 0.3) is 0 Å². The highest BCUT2D eigenvalue weighted by Crippen LogP contribution is 2.21. The maximum Gasteiger partial charge on any atom is 0.322 e. The maximum absolute atomic E-state index is 11.6. The summed E-state index contributed by atoms with van der Waals surface area (Å²) in [5, 5.41) is 12.5.